The largest absolute Gasteiger partial charge is 0.477 e. The summed E-state index contributed by atoms with van der Waals surface area (Å²) in [6.45, 7) is 0. The van der Waals surface area contributed by atoms with Gasteiger partial charge in [0.2, 0.25) is 0 Å². The number of carboxylic acid groups (broad SMARTS) is 1. The third kappa shape index (κ3) is 2.41. The molecule has 0 fully saturated rings. The second-order valence-corrected chi connectivity index (χ2v) is 4.63. The third-order valence-corrected chi connectivity index (χ3v) is 3.25. The van der Waals surface area contributed by atoms with Gasteiger partial charge in [0, 0.05) is 11.3 Å². The van der Waals surface area contributed by atoms with Crippen molar-refractivity contribution in [2.24, 2.45) is 4.99 Å². The minimum absolute atomic E-state index is 0.192. The summed E-state index contributed by atoms with van der Waals surface area (Å²) in [5, 5.41) is 12.2. The van der Waals surface area contributed by atoms with Gasteiger partial charge in [0.25, 0.3) is 0 Å². The van der Waals surface area contributed by atoms with Gasteiger partial charge in [0.05, 0.1) is 5.69 Å². The first-order valence-corrected chi connectivity index (χ1v) is 6.43. The van der Waals surface area contributed by atoms with Gasteiger partial charge in [-0.1, -0.05) is 30.3 Å². The van der Waals surface area contributed by atoms with Crippen LogP contribution >= 0.6 is 0 Å². The van der Waals surface area contributed by atoms with E-state index in [0.29, 0.717) is 16.9 Å². The lowest BCUT2D eigenvalue weighted by molar-refractivity contribution is -0.129. The van der Waals surface area contributed by atoms with Crippen LogP contribution < -0.4 is 5.32 Å². The number of hydrogen-bond acceptors (Lipinski definition) is 4. The number of rotatable bonds is 3. The summed E-state index contributed by atoms with van der Waals surface area (Å²) < 4.78 is 0. The predicted molar refractivity (Wildman–Crippen MR) is 79.4 cm³/mol. The van der Waals surface area contributed by atoms with Crippen molar-refractivity contribution in [2.45, 2.75) is 6.04 Å². The average Bonchev–Trinajstić information content (AvgIpc) is 2.51. The summed E-state index contributed by atoms with van der Waals surface area (Å²) >= 11 is 0. The van der Waals surface area contributed by atoms with Crippen LogP contribution in [-0.2, 0) is 4.79 Å². The summed E-state index contributed by atoms with van der Waals surface area (Å²) in [7, 11) is 0. The lowest BCUT2D eigenvalue weighted by Crippen LogP contribution is -2.43. The van der Waals surface area contributed by atoms with Gasteiger partial charge in [-0.3, -0.25) is 4.79 Å². The van der Waals surface area contributed by atoms with Crippen molar-refractivity contribution in [2.75, 3.05) is 5.32 Å². The number of carboxylic acids is 1. The van der Waals surface area contributed by atoms with Crippen LogP contribution in [0.2, 0.25) is 0 Å². The first-order valence-electron chi connectivity index (χ1n) is 6.43. The van der Waals surface area contributed by atoms with Gasteiger partial charge < -0.3 is 10.4 Å². The number of carbonyl (C=O) groups excluding carboxylic acids is 1. The van der Waals surface area contributed by atoms with Crippen LogP contribution in [0.15, 0.2) is 59.6 Å². The molecule has 104 valence electrons. The van der Waals surface area contributed by atoms with E-state index in [1.54, 1.807) is 48.5 Å². The molecule has 0 radical (unpaired) electrons. The molecule has 2 aromatic rings. The molecule has 0 aromatic heterocycles. The van der Waals surface area contributed by atoms with Crippen LogP contribution in [0.25, 0.3) is 0 Å². The van der Waals surface area contributed by atoms with Crippen molar-refractivity contribution >= 4 is 28.8 Å². The second kappa shape index (κ2) is 5.20. The highest BCUT2D eigenvalue weighted by Gasteiger charge is 2.35. The van der Waals surface area contributed by atoms with Crippen LogP contribution in [0.1, 0.15) is 10.4 Å². The van der Waals surface area contributed by atoms with Crippen LogP contribution in [0.3, 0.4) is 0 Å². The number of para-hydroxylation sites is 2. The zero-order chi connectivity index (χ0) is 14.8. The molecule has 3 rings (SSSR count). The Morgan fingerprint density at radius 1 is 1.05 bits per heavy atom. The Balaban J connectivity index is 2.03. The average molecular weight is 280 g/mol. The molecule has 0 aliphatic carbocycles. The summed E-state index contributed by atoms with van der Waals surface area (Å²) in [6.07, 6.45) is 0. The molecule has 0 amide bonds. The molecule has 0 saturated carbocycles. The normalized spacial score (nSPS) is 16.9. The summed E-state index contributed by atoms with van der Waals surface area (Å²) in [6, 6.07) is 14.8. The zero-order valence-corrected chi connectivity index (χ0v) is 11.0. The highest BCUT2D eigenvalue weighted by Crippen LogP contribution is 2.27. The number of aliphatic carboxylic acids is 1. The van der Waals surface area contributed by atoms with Crippen molar-refractivity contribution in [3.8, 4) is 0 Å². The molecule has 1 aliphatic rings. The quantitative estimate of drug-likeness (QED) is 0.905. The molecule has 0 spiro atoms. The number of hydrogen-bond donors (Lipinski definition) is 2. The van der Waals surface area contributed by atoms with Gasteiger partial charge in [-0.15, -0.1) is 0 Å². The number of fused-ring (bicyclic) bond motifs is 1. The molecule has 1 aliphatic heterocycles. The third-order valence-electron chi connectivity index (χ3n) is 3.25. The Morgan fingerprint density at radius 2 is 1.71 bits per heavy atom. The fourth-order valence-electron chi connectivity index (χ4n) is 2.26. The first kappa shape index (κ1) is 13.1. The lowest BCUT2D eigenvalue weighted by atomic mass is 9.95. The summed E-state index contributed by atoms with van der Waals surface area (Å²) in [4.78, 5) is 28.0. The smallest absolute Gasteiger partial charge is 0.352 e. The van der Waals surface area contributed by atoms with E-state index in [9.17, 15) is 14.7 Å². The molecule has 1 heterocycles. The van der Waals surface area contributed by atoms with E-state index in [2.05, 4.69) is 10.3 Å². The highest BCUT2D eigenvalue weighted by atomic mass is 16.4. The van der Waals surface area contributed by atoms with E-state index < -0.39 is 12.0 Å². The van der Waals surface area contributed by atoms with Crippen LogP contribution in [0, 0.1) is 0 Å². The zero-order valence-electron chi connectivity index (χ0n) is 11.0. The van der Waals surface area contributed by atoms with Crippen LogP contribution in [0.4, 0.5) is 11.4 Å². The molecule has 0 saturated heterocycles. The summed E-state index contributed by atoms with van der Waals surface area (Å²) in [5.41, 5.74) is 1.30. The molecule has 2 aromatic carbocycles. The van der Waals surface area contributed by atoms with E-state index >= 15 is 0 Å². The van der Waals surface area contributed by atoms with E-state index in [1.807, 2.05) is 6.07 Å². The first-order chi connectivity index (χ1) is 10.2. The minimum Gasteiger partial charge on any atom is -0.477 e. The number of carbonyl (C=O) groups is 2. The number of Topliss-reactive ketones (excluding diaryl/α,β-unsaturated/α-hetero) is 1. The molecule has 0 bridgehead atoms. The van der Waals surface area contributed by atoms with Crippen LogP contribution in [0.5, 0.6) is 0 Å². The molecule has 5 nitrogen and oxygen atoms in total. The van der Waals surface area contributed by atoms with Gasteiger partial charge in [0.1, 0.15) is 6.04 Å². The van der Waals surface area contributed by atoms with E-state index in [1.165, 1.54) is 0 Å². The number of anilines is 1. The molecular formula is C16H12N2O3. The van der Waals surface area contributed by atoms with Gasteiger partial charge >= 0.3 is 5.97 Å². The number of benzene rings is 2. The number of aliphatic imine (C=N–C) groups is 1. The molecule has 1 atom stereocenters. The Hall–Kier alpha value is -2.95. The lowest BCUT2D eigenvalue weighted by Gasteiger charge is -2.23. The van der Waals surface area contributed by atoms with Crippen molar-refractivity contribution in [1.29, 1.82) is 0 Å². The Labute approximate surface area is 121 Å². The molecule has 21 heavy (non-hydrogen) atoms. The molecule has 2 N–H and O–H groups in total. The monoisotopic (exact) mass is 280 g/mol. The topological polar surface area (TPSA) is 78.8 Å². The molecule has 5 heteroatoms. The number of nitrogens with one attached hydrogen (secondary N) is 1. The van der Waals surface area contributed by atoms with Crippen molar-refractivity contribution in [1.82, 2.24) is 0 Å². The number of nitrogens with zero attached hydrogens (tertiary/aromatic N) is 1. The Kier molecular flexibility index (Phi) is 3.23. The maximum atomic E-state index is 12.5. The maximum Gasteiger partial charge on any atom is 0.352 e. The van der Waals surface area contributed by atoms with Crippen molar-refractivity contribution in [3.63, 3.8) is 0 Å². The fourth-order valence-corrected chi connectivity index (χ4v) is 2.26. The minimum atomic E-state index is -1.20. The molecular weight excluding hydrogens is 268 g/mol. The van der Waals surface area contributed by atoms with Crippen LogP contribution in [-0.4, -0.2) is 28.6 Å². The van der Waals surface area contributed by atoms with Gasteiger partial charge in [-0.05, 0) is 24.3 Å². The molecule has 1 unspecified atom stereocenters. The van der Waals surface area contributed by atoms with Gasteiger partial charge in [0.15, 0.2) is 11.5 Å². The fraction of sp³-hybridized carbons (Fsp3) is 0.0625. The predicted octanol–water partition coefficient (Wildman–Crippen LogP) is 2.52. The standard InChI is InChI=1S/C16H12N2O3/c19-15-11-8-4-5-9-12(11)18-14(16(20)21)13(15)17-10-6-2-1-3-7-10/h1-9,13,17H,(H,20,21). The highest BCUT2D eigenvalue weighted by molar-refractivity contribution is 6.46. The Morgan fingerprint density at radius 3 is 2.43 bits per heavy atom. The van der Waals surface area contributed by atoms with Gasteiger partial charge in [-0.25, -0.2) is 9.79 Å². The van der Waals surface area contributed by atoms with Crippen molar-refractivity contribution < 1.29 is 14.7 Å². The van der Waals surface area contributed by atoms with Gasteiger partial charge in [-0.2, -0.15) is 0 Å². The van der Waals surface area contributed by atoms with E-state index in [4.69, 9.17) is 0 Å². The summed E-state index contributed by atoms with van der Waals surface area (Å²) in [5.74, 6) is -1.49. The van der Waals surface area contributed by atoms with E-state index in [-0.39, 0.29) is 11.5 Å². The van der Waals surface area contributed by atoms with E-state index in [0.717, 1.165) is 0 Å². The Bertz CT molecular complexity index is 738. The number of ketones is 1. The van der Waals surface area contributed by atoms with Crippen molar-refractivity contribution in [3.05, 3.63) is 60.2 Å². The maximum absolute atomic E-state index is 12.5. The second-order valence-electron chi connectivity index (χ2n) is 4.63. The SMILES string of the molecule is O=C(O)C1=Nc2ccccc2C(=O)C1Nc1ccccc1.